The van der Waals surface area contributed by atoms with Gasteiger partial charge in [-0.1, -0.05) is 67.4 Å². The van der Waals surface area contributed by atoms with E-state index in [-0.39, 0.29) is 17.4 Å². The summed E-state index contributed by atoms with van der Waals surface area (Å²) in [7, 11) is 2.16. The Bertz CT molecular complexity index is 1590. The fraction of sp³-hybridized carbons (Fsp3) is 0.350. The van der Waals surface area contributed by atoms with Crippen LogP contribution in [-0.4, -0.2) is 25.2 Å². The second-order valence-electron chi connectivity index (χ2n) is 11.9. The molecule has 3 aromatic carbocycles. The highest BCUT2D eigenvalue weighted by Gasteiger charge is 2.51. The highest BCUT2D eigenvalue weighted by Crippen LogP contribution is 2.47. The van der Waals surface area contributed by atoms with Gasteiger partial charge in [-0.05, 0) is 114 Å². The van der Waals surface area contributed by atoms with Crippen molar-refractivity contribution in [2.75, 3.05) is 18.5 Å². The summed E-state index contributed by atoms with van der Waals surface area (Å²) in [5.41, 5.74) is 9.67. The Morgan fingerprint density at radius 3 is 1.80 bits per heavy atom. The fourth-order valence-corrected chi connectivity index (χ4v) is 5.27. The van der Waals surface area contributed by atoms with Crippen LogP contribution in [-0.2, 0) is 16.0 Å². The van der Waals surface area contributed by atoms with Crippen molar-refractivity contribution < 1.29 is 18.4 Å². The van der Waals surface area contributed by atoms with Crippen LogP contribution in [0.3, 0.4) is 0 Å². The van der Waals surface area contributed by atoms with E-state index in [1.165, 1.54) is 65.1 Å². The van der Waals surface area contributed by atoms with E-state index < -0.39 is 5.41 Å². The number of hydrogen-bond donors (Lipinski definition) is 0. The number of Topliss-reactive ketones (excluding diaryl/α,β-unsaturated/α-hetero) is 2. The van der Waals surface area contributed by atoms with Crippen molar-refractivity contribution in [1.82, 2.24) is 0 Å². The maximum atomic E-state index is 12.1. The third-order valence-corrected chi connectivity index (χ3v) is 8.34. The molecule has 0 atom stereocenters. The molecule has 6 rings (SSSR count). The molecule has 2 aliphatic rings. The van der Waals surface area contributed by atoms with Gasteiger partial charge in [-0.15, -0.1) is 0 Å². The normalized spacial score (nSPS) is 13.8. The van der Waals surface area contributed by atoms with Crippen LogP contribution >= 0.6 is 0 Å². The van der Waals surface area contributed by atoms with Crippen LogP contribution in [0, 0.1) is 38.9 Å². The predicted molar refractivity (Wildman–Crippen MR) is 185 cm³/mol. The number of halogens is 1. The summed E-state index contributed by atoms with van der Waals surface area (Å²) in [6, 6.07) is 24.0. The van der Waals surface area contributed by atoms with E-state index in [1.54, 1.807) is 12.1 Å². The van der Waals surface area contributed by atoms with Crippen LogP contribution in [0.2, 0.25) is 0 Å². The summed E-state index contributed by atoms with van der Waals surface area (Å²) in [5.74, 6) is 1.80. The molecule has 4 nitrogen and oxygen atoms in total. The van der Waals surface area contributed by atoms with Gasteiger partial charge in [0.15, 0.2) is 0 Å². The van der Waals surface area contributed by atoms with Crippen molar-refractivity contribution in [3.8, 4) is 11.3 Å². The summed E-state index contributed by atoms with van der Waals surface area (Å²) in [6.07, 6.45) is 4.87. The van der Waals surface area contributed by atoms with Crippen molar-refractivity contribution >= 4 is 22.8 Å². The molecule has 4 aromatic rings. The molecule has 0 unspecified atom stereocenters. The highest BCUT2D eigenvalue weighted by atomic mass is 19.1. The lowest BCUT2D eigenvalue weighted by atomic mass is 9.90. The number of benzene rings is 3. The lowest BCUT2D eigenvalue weighted by Gasteiger charge is -2.29. The molecule has 0 radical (unpaired) electrons. The molecule has 1 aliphatic carbocycles. The number of ketones is 2. The molecule has 1 fully saturated rings. The minimum Gasteiger partial charge on any atom is -0.461 e. The number of carbonyl (C=O) groups excluding carboxylic acids is 2. The van der Waals surface area contributed by atoms with Crippen molar-refractivity contribution in [1.29, 1.82) is 0 Å². The number of nitrogens with zero attached hydrogens (tertiary/aromatic N) is 1. The highest BCUT2D eigenvalue weighted by molar-refractivity contribution is 6.07. The van der Waals surface area contributed by atoms with Gasteiger partial charge in [-0.25, -0.2) is 4.39 Å². The summed E-state index contributed by atoms with van der Waals surface area (Å²) in [4.78, 5) is 23.8. The van der Waals surface area contributed by atoms with Gasteiger partial charge in [0.25, 0.3) is 0 Å². The van der Waals surface area contributed by atoms with Crippen molar-refractivity contribution in [2.45, 2.75) is 74.7 Å². The predicted octanol–water partition coefficient (Wildman–Crippen LogP) is 10.1. The zero-order valence-electron chi connectivity index (χ0n) is 28.4. The quantitative estimate of drug-likeness (QED) is 0.211. The third kappa shape index (κ3) is 9.13. The summed E-state index contributed by atoms with van der Waals surface area (Å²) in [5, 5.41) is 0. The molecule has 45 heavy (non-hydrogen) atoms. The number of hydrogen-bond acceptors (Lipinski definition) is 4. The van der Waals surface area contributed by atoms with Crippen LogP contribution in [0.5, 0.6) is 0 Å². The Balaban J connectivity index is 0.000000237. The number of likely N-dealkylation sites (N-methyl/N-ethyl adjacent to an activating group) is 1. The van der Waals surface area contributed by atoms with Crippen molar-refractivity contribution in [2.24, 2.45) is 5.41 Å². The largest absolute Gasteiger partial charge is 0.461 e. The number of rotatable bonds is 5. The van der Waals surface area contributed by atoms with Crippen LogP contribution in [0.15, 0.2) is 83.3 Å². The molecular formula is C40H48FNO3. The molecule has 2 heterocycles. The number of fused-ring (bicyclic) bond motifs is 1. The molecule has 1 saturated carbocycles. The summed E-state index contributed by atoms with van der Waals surface area (Å²) >= 11 is 0. The molecule has 0 N–H and O–H groups in total. The van der Waals surface area contributed by atoms with Gasteiger partial charge in [-0.3, -0.25) is 9.59 Å². The van der Waals surface area contributed by atoms with Gasteiger partial charge in [-0.2, -0.15) is 0 Å². The van der Waals surface area contributed by atoms with Crippen LogP contribution in [0.1, 0.15) is 74.1 Å². The first-order valence-electron chi connectivity index (χ1n) is 15.8. The first kappa shape index (κ1) is 35.2. The van der Waals surface area contributed by atoms with Crippen molar-refractivity contribution in [3.05, 3.63) is 118 Å². The van der Waals surface area contributed by atoms with E-state index in [4.69, 9.17) is 4.42 Å². The molecule has 0 amide bonds. The van der Waals surface area contributed by atoms with Gasteiger partial charge in [0.1, 0.15) is 28.9 Å². The van der Waals surface area contributed by atoms with E-state index in [0.717, 1.165) is 42.9 Å². The van der Waals surface area contributed by atoms with Crippen LogP contribution in [0.25, 0.3) is 16.9 Å². The molecule has 5 heteroatoms. The number of anilines is 1. The molecule has 0 spiro atoms. The summed E-state index contributed by atoms with van der Waals surface area (Å²) < 4.78 is 18.0. The fourth-order valence-electron chi connectivity index (χ4n) is 5.27. The number of carbonyl (C=O) groups is 2. The van der Waals surface area contributed by atoms with E-state index >= 15 is 0 Å². The standard InChI is InChI=1S/C24H25NO.C7H7F.C7H10O2.C2H6/c1-16-5-8-19(9-6-16)14-20-11-12-25(4)23-13-17(2)21(15-22(20)23)24-10-7-18(3)26-24;1-6-2-4-7(8)5-3-6;1-5(8)7(3-4-7)6(2)9;1-2/h5-11,13,15H,12,14H2,1-4H3;2-5H,1H3;3-4H2,1-2H3;1-2H3. The molecular weight excluding hydrogens is 561 g/mol. The molecule has 0 bridgehead atoms. The number of aryl methyl sites for hydroxylation is 4. The third-order valence-electron chi connectivity index (χ3n) is 8.34. The van der Waals surface area contributed by atoms with E-state index in [9.17, 15) is 14.0 Å². The average Bonchev–Trinajstić information content (AvgIpc) is 3.74. The smallest absolute Gasteiger partial charge is 0.143 e. The average molecular weight is 610 g/mol. The topological polar surface area (TPSA) is 50.5 Å². The molecule has 238 valence electrons. The maximum Gasteiger partial charge on any atom is 0.143 e. The van der Waals surface area contributed by atoms with E-state index in [2.05, 4.69) is 74.3 Å². The van der Waals surface area contributed by atoms with Gasteiger partial charge in [0.05, 0.1) is 5.41 Å². The maximum absolute atomic E-state index is 12.1. The van der Waals surface area contributed by atoms with E-state index in [0.29, 0.717) is 0 Å². The SMILES string of the molecule is CC.CC(=O)C1(C(C)=O)CC1.Cc1ccc(CC2=CCN(C)c3cc(C)c(-c4ccc(C)o4)cc32)cc1.Cc1ccc(F)cc1. The molecule has 1 aromatic heterocycles. The Labute approximate surface area is 269 Å². The molecule has 1 aliphatic heterocycles. The summed E-state index contributed by atoms with van der Waals surface area (Å²) in [6.45, 7) is 16.2. The van der Waals surface area contributed by atoms with E-state index in [1.807, 2.05) is 33.8 Å². The lowest BCUT2D eigenvalue weighted by Crippen LogP contribution is -2.22. The Hall–Kier alpha value is -4.25. The Kier molecular flexibility index (Phi) is 12.3. The van der Waals surface area contributed by atoms with Gasteiger partial charge < -0.3 is 9.32 Å². The minimum atomic E-state index is -0.528. The first-order chi connectivity index (χ1) is 21.4. The lowest BCUT2D eigenvalue weighted by molar-refractivity contribution is -0.132. The number of furan rings is 1. The first-order valence-corrected chi connectivity index (χ1v) is 15.8. The Morgan fingerprint density at radius 1 is 0.800 bits per heavy atom. The zero-order valence-corrected chi connectivity index (χ0v) is 28.4. The van der Waals surface area contributed by atoms with Crippen molar-refractivity contribution in [3.63, 3.8) is 0 Å². The van der Waals surface area contributed by atoms with Crippen LogP contribution in [0.4, 0.5) is 10.1 Å². The van der Waals surface area contributed by atoms with Crippen LogP contribution < -0.4 is 4.90 Å². The second kappa shape index (κ2) is 15.7. The second-order valence-corrected chi connectivity index (χ2v) is 11.9. The van der Waals surface area contributed by atoms with Gasteiger partial charge in [0, 0.05) is 30.4 Å². The minimum absolute atomic E-state index is 0.0370. The zero-order chi connectivity index (χ0) is 33.3. The Morgan fingerprint density at radius 2 is 1.36 bits per heavy atom. The van der Waals surface area contributed by atoms with Gasteiger partial charge in [0.2, 0.25) is 0 Å². The monoisotopic (exact) mass is 609 g/mol. The van der Waals surface area contributed by atoms with Gasteiger partial charge >= 0.3 is 0 Å². The molecule has 0 saturated heterocycles. The number of allylic oxidation sites excluding steroid dienone is 1.